The predicted molar refractivity (Wildman–Crippen MR) is 62.5 cm³/mol. The molecule has 1 rings (SSSR count). The van der Waals surface area contributed by atoms with Crippen molar-refractivity contribution in [1.29, 1.82) is 0 Å². The Morgan fingerprint density at radius 3 is 2.94 bits per heavy atom. The summed E-state index contributed by atoms with van der Waals surface area (Å²) in [6.45, 7) is 3.61. The first kappa shape index (κ1) is 12.5. The molecule has 0 fully saturated rings. The van der Waals surface area contributed by atoms with Gasteiger partial charge in [-0.2, -0.15) is 0 Å². The van der Waals surface area contributed by atoms with E-state index in [-0.39, 0.29) is 12.5 Å². The minimum Gasteiger partial charge on any atom is -0.491 e. The van der Waals surface area contributed by atoms with Gasteiger partial charge in [0.15, 0.2) is 0 Å². The summed E-state index contributed by atoms with van der Waals surface area (Å²) in [5.41, 5.74) is 0.691. The number of aliphatic hydroxyl groups is 1. The van der Waals surface area contributed by atoms with Crippen LogP contribution in [0.15, 0.2) is 24.3 Å². The highest BCUT2D eigenvalue weighted by molar-refractivity contribution is 5.88. The second kappa shape index (κ2) is 6.12. The van der Waals surface area contributed by atoms with E-state index < -0.39 is 6.10 Å². The van der Waals surface area contributed by atoms with E-state index in [0.717, 1.165) is 0 Å². The summed E-state index contributed by atoms with van der Waals surface area (Å²) in [4.78, 5) is 10.8. The van der Waals surface area contributed by atoms with Crippen LogP contribution in [0, 0.1) is 0 Å². The minimum absolute atomic E-state index is 0.120. The van der Waals surface area contributed by atoms with E-state index in [2.05, 4.69) is 5.32 Å². The van der Waals surface area contributed by atoms with Crippen molar-refractivity contribution in [2.24, 2.45) is 0 Å². The maximum atomic E-state index is 10.8. The minimum atomic E-state index is -0.454. The topological polar surface area (TPSA) is 58.6 Å². The normalized spacial score (nSPS) is 11.9. The van der Waals surface area contributed by atoms with Gasteiger partial charge in [-0.05, 0) is 18.6 Å². The maximum Gasteiger partial charge on any atom is 0.221 e. The standard InChI is InChI=1S/C12H17NO3/c1-3-11(15)8-16-12-6-4-5-10(7-12)13-9(2)14/h4-7,11,15H,3,8H2,1-2H3,(H,13,14). The van der Waals surface area contributed by atoms with Gasteiger partial charge in [0.05, 0.1) is 6.10 Å². The third kappa shape index (κ3) is 4.31. The van der Waals surface area contributed by atoms with Crippen LogP contribution in [0.5, 0.6) is 5.75 Å². The largest absolute Gasteiger partial charge is 0.491 e. The quantitative estimate of drug-likeness (QED) is 0.800. The molecule has 0 aliphatic carbocycles. The second-order valence-electron chi connectivity index (χ2n) is 3.58. The first-order valence-corrected chi connectivity index (χ1v) is 5.30. The molecule has 0 aliphatic rings. The molecule has 0 aromatic heterocycles. The van der Waals surface area contributed by atoms with Gasteiger partial charge in [0.1, 0.15) is 12.4 Å². The van der Waals surface area contributed by atoms with Crippen molar-refractivity contribution in [3.8, 4) is 5.75 Å². The van der Waals surface area contributed by atoms with Crippen molar-refractivity contribution in [3.05, 3.63) is 24.3 Å². The van der Waals surface area contributed by atoms with Gasteiger partial charge >= 0.3 is 0 Å². The zero-order chi connectivity index (χ0) is 12.0. The molecular formula is C12H17NO3. The van der Waals surface area contributed by atoms with Gasteiger partial charge < -0.3 is 15.2 Å². The number of rotatable bonds is 5. The van der Waals surface area contributed by atoms with Crippen molar-refractivity contribution in [1.82, 2.24) is 0 Å². The zero-order valence-corrected chi connectivity index (χ0v) is 9.56. The van der Waals surface area contributed by atoms with E-state index in [1.54, 1.807) is 24.3 Å². The number of aliphatic hydroxyl groups excluding tert-OH is 1. The molecule has 1 amide bonds. The van der Waals surface area contributed by atoms with Crippen molar-refractivity contribution in [2.75, 3.05) is 11.9 Å². The SMILES string of the molecule is CCC(O)COc1cccc(NC(C)=O)c1. The molecule has 2 N–H and O–H groups in total. The van der Waals surface area contributed by atoms with Gasteiger partial charge in [0.25, 0.3) is 0 Å². The highest BCUT2D eigenvalue weighted by Crippen LogP contribution is 2.17. The van der Waals surface area contributed by atoms with Crippen LogP contribution in [0.1, 0.15) is 20.3 Å². The van der Waals surface area contributed by atoms with Crippen LogP contribution < -0.4 is 10.1 Å². The summed E-state index contributed by atoms with van der Waals surface area (Å²) in [6.07, 6.45) is 0.204. The van der Waals surface area contributed by atoms with Crippen molar-refractivity contribution in [3.63, 3.8) is 0 Å². The third-order valence-corrected chi connectivity index (χ3v) is 2.07. The molecule has 1 aromatic rings. The molecule has 0 radical (unpaired) electrons. The van der Waals surface area contributed by atoms with Gasteiger partial charge in [-0.1, -0.05) is 13.0 Å². The lowest BCUT2D eigenvalue weighted by molar-refractivity contribution is -0.114. The molecule has 4 nitrogen and oxygen atoms in total. The van der Waals surface area contributed by atoms with E-state index in [4.69, 9.17) is 4.74 Å². The van der Waals surface area contributed by atoms with E-state index in [0.29, 0.717) is 17.9 Å². The molecule has 0 spiro atoms. The number of carbonyl (C=O) groups excluding carboxylic acids is 1. The Bertz CT molecular complexity index is 352. The van der Waals surface area contributed by atoms with Crippen LogP contribution in [0.3, 0.4) is 0 Å². The van der Waals surface area contributed by atoms with Gasteiger partial charge in [-0.15, -0.1) is 0 Å². The summed E-state index contributed by atoms with van der Waals surface area (Å²) in [5.74, 6) is 0.518. The maximum absolute atomic E-state index is 10.8. The molecule has 0 saturated heterocycles. The number of hydrogen-bond acceptors (Lipinski definition) is 3. The van der Waals surface area contributed by atoms with E-state index in [1.807, 2.05) is 6.92 Å². The van der Waals surface area contributed by atoms with Crippen LogP contribution in [0.2, 0.25) is 0 Å². The molecule has 0 aliphatic heterocycles. The van der Waals surface area contributed by atoms with Crippen molar-refractivity contribution in [2.45, 2.75) is 26.4 Å². The fourth-order valence-electron chi connectivity index (χ4n) is 1.18. The number of hydrogen-bond donors (Lipinski definition) is 2. The lowest BCUT2D eigenvalue weighted by Gasteiger charge is -2.11. The number of benzene rings is 1. The van der Waals surface area contributed by atoms with Crippen LogP contribution in [0.25, 0.3) is 0 Å². The molecule has 0 bridgehead atoms. The Labute approximate surface area is 95.2 Å². The molecule has 0 heterocycles. The Kier molecular flexibility index (Phi) is 4.79. The van der Waals surface area contributed by atoms with E-state index in [1.165, 1.54) is 6.92 Å². The molecule has 1 unspecified atom stereocenters. The zero-order valence-electron chi connectivity index (χ0n) is 9.56. The molecule has 0 saturated carbocycles. The first-order valence-electron chi connectivity index (χ1n) is 5.30. The molecular weight excluding hydrogens is 206 g/mol. The average Bonchev–Trinajstić information content (AvgIpc) is 2.25. The summed E-state index contributed by atoms with van der Waals surface area (Å²) < 4.78 is 5.38. The van der Waals surface area contributed by atoms with Gasteiger partial charge in [-0.25, -0.2) is 0 Å². The second-order valence-corrected chi connectivity index (χ2v) is 3.58. The molecule has 1 aromatic carbocycles. The Morgan fingerprint density at radius 2 is 2.31 bits per heavy atom. The van der Waals surface area contributed by atoms with Crippen LogP contribution in [0.4, 0.5) is 5.69 Å². The summed E-state index contributed by atoms with van der Waals surface area (Å²) in [6, 6.07) is 7.08. The number of carbonyl (C=O) groups is 1. The van der Waals surface area contributed by atoms with E-state index in [9.17, 15) is 9.90 Å². The van der Waals surface area contributed by atoms with Crippen molar-refractivity contribution >= 4 is 11.6 Å². The lowest BCUT2D eigenvalue weighted by atomic mass is 10.3. The highest BCUT2D eigenvalue weighted by atomic mass is 16.5. The number of amides is 1. The molecule has 16 heavy (non-hydrogen) atoms. The summed E-state index contributed by atoms with van der Waals surface area (Å²) in [5, 5.41) is 12.0. The van der Waals surface area contributed by atoms with Gasteiger partial charge in [0, 0.05) is 18.7 Å². The van der Waals surface area contributed by atoms with Crippen LogP contribution in [-0.2, 0) is 4.79 Å². The molecule has 1 atom stereocenters. The van der Waals surface area contributed by atoms with Crippen LogP contribution >= 0.6 is 0 Å². The summed E-state index contributed by atoms with van der Waals surface area (Å²) in [7, 11) is 0. The Hall–Kier alpha value is -1.55. The smallest absolute Gasteiger partial charge is 0.221 e. The van der Waals surface area contributed by atoms with Gasteiger partial charge in [0.2, 0.25) is 5.91 Å². The Morgan fingerprint density at radius 1 is 1.56 bits per heavy atom. The number of anilines is 1. The average molecular weight is 223 g/mol. The predicted octanol–water partition coefficient (Wildman–Crippen LogP) is 1.79. The summed E-state index contributed by atoms with van der Waals surface area (Å²) >= 11 is 0. The van der Waals surface area contributed by atoms with Crippen molar-refractivity contribution < 1.29 is 14.6 Å². The lowest BCUT2D eigenvalue weighted by Crippen LogP contribution is -2.16. The Balaban J connectivity index is 2.56. The molecule has 88 valence electrons. The monoisotopic (exact) mass is 223 g/mol. The van der Waals surface area contributed by atoms with E-state index >= 15 is 0 Å². The van der Waals surface area contributed by atoms with Gasteiger partial charge in [-0.3, -0.25) is 4.79 Å². The third-order valence-electron chi connectivity index (χ3n) is 2.07. The highest BCUT2D eigenvalue weighted by Gasteiger charge is 2.03. The first-order chi connectivity index (χ1) is 7.61. The fraction of sp³-hybridized carbons (Fsp3) is 0.417. The number of ether oxygens (including phenoxy) is 1. The number of nitrogens with one attached hydrogen (secondary N) is 1. The van der Waals surface area contributed by atoms with Crippen LogP contribution in [-0.4, -0.2) is 23.7 Å². The molecule has 4 heteroatoms. The fourth-order valence-corrected chi connectivity index (χ4v) is 1.18.